The highest BCUT2D eigenvalue weighted by molar-refractivity contribution is 5.87. The van der Waals surface area contributed by atoms with Gasteiger partial charge in [0.05, 0.1) is 25.7 Å². The van der Waals surface area contributed by atoms with Crippen LogP contribution in [0.4, 0.5) is 0 Å². The number of hydroxylamine groups is 2. The Morgan fingerprint density at radius 1 is 1.46 bits per heavy atom. The zero-order chi connectivity index (χ0) is 18.6. The van der Waals surface area contributed by atoms with Gasteiger partial charge in [-0.2, -0.15) is 0 Å². The summed E-state index contributed by atoms with van der Waals surface area (Å²) >= 11 is 0. The molecule has 1 N–H and O–H groups in total. The molecule has 0 aromatic carbocycles. The maximum atomic E-state index is 12.7. The number of quaternary nitrogens is 1. The van der Waals surface area contributed by atoms with Crippen molar-refractivity contribution >= 4 is 5.97 Å². The van der Waals surface area contributed by atoms with E-state index in [4.69, 9.17) is 9.57 Å². The van der Waals surface area contributed by atoms with Crippen molar-refractivity contribution in [3.63, 3.8) is 0 Å². The number of hydrogen-bond acceptors (Lipinski definition) is 5. The van der Waals surface area contributed by atoms with E-state index in [2.05, 4.69) is 24.1 Å². The molecule has 26 heavy (non-hydrogen) atoms. The number of esters is 1. The molecule has 3 rings (SSSR count). The van der Waals surface area contributed by atoms with E-state index >= 15 is 0 Å². The number of ether oxygens (including phenoxy) is 1. The smallest absolute Gasteiger partial charge is 0.356 e. The lowest BCUT2D eigenvalue weighted by atomic mass is 9.98. The molecule has 1 aromatic heterocycles. The Morgan fingerprint density at radius 3 is 2.88 bits per heavy atom. The van der Waals surface area contributed by atoms with Crippen molar-refractivity contribution in [3.05, 3.63) is 47.2 Å². The van der Waals surface area contributed by atoms with Crippen LogP contribution in [0.25, 0.3) is 0 Å². The monoisotopic (exact) mass is 361 g/mol. The van der Waals surface area contributed by atoms with Crippen LogP contribution in [-0.2, 0) is 9.57 Å². The van der Waals surface area contributed by atoms with E-state index in [1.54, 1.807) is 6.33 Å². The number of aromatic nitrogens is 2. The quantitative estimate of drug-likeness (QED) is 0.594. The van der Waals surface area contributed by atoms with Crippen molar-refractivity contribution in [1.82, 2.24) is 9.55 Å². The summed E-state index contributed by atoms with van der Waals surface area (Å²) in [4.78, 5) is 21.7. The summed E-state index contributed by atoms with van der Waals surface area (Å²) in [5.41, 5.74) is 0.963. The molecule has 1 aromatic rings. The van der Waals surface area contributed by atoms with Crippen molar-refractivity contribution < 1.29 is 19.6 Å². The molecule has 0 radical (unpaired) electrons. The second-order valence-electron chi connectivity index (χ2n) is 7.13. The van der Waals surface area contributed by atoms with Crippen molar-refractivity contribution in [1.29, 1.82) is 0 Å². The lowest BCUT2D eigenvalue weighted by molar-refractivity contribution is -1.09. The molecule has 0 aliphatic heterocycles. The summed E-state index contributed by atoms with van der Waals surface area (Å²) in [6, 6.07) is 0.0334. The highest BCUT2D eigenvalue weighted by Gasteiger charge is 2.43. The summed E-state index contributed by atoms with van der Waals surface area (Å²) in [5, 5.41) is 11.9. The molecule has 142 valence electrons. The van der Waals surface area contributed by atoms with Crippen LogP contribution in [-0.4, -0.2) is 34.8 Å². The first-order valence-electron chi connectivity index (χ1n) is 9.20. The zero-order valence-corrected chi connectivity index (χ0v) is 15.4. The largest absolute Gasteiger partial charge is 0.599 e. The first kappa shape index (κ1) is 18.8. The van der Waals surface area contributed by atoms with Crippen LogP contribution in [0.1, 0.15) is 62.0 Å². The Morgan fingerprint density at radius 2 is 2.23 bits per heavy atom. The number of hydrogen-bond donors (Lipinski definition) is 1. The average molecular weight is 361 g/mol. The van der Waals surface area contributed by atoms with Gasteiger partial charge in [-0.25, -0.2) is 19.8 Å². The van der Waals surface area contributed by atoms with E-state index in [0.717, 1.165) is 25.7 Å². The Labute approximate surface area is 153 Å². The molecular weight excluding hydrogens is 334 g/mol. The van der Waals surface area contributed by atoms with Gasteiger partial charge in [0.2, 0.25) is 0 Å². The van der Waals surface area contributed by atoms with Gasteiger partial charge in [0.1, 0.15) is 12.3 Å². The highest BCUT2D eigenvalue weighted by atomic mass is 16.9. The molecule has 0 amide bonds. The lowest BCUT2D eigenvalue weighted by Crippen LogP contribution is -3.15. The molecule has 0 spiro atoms. The van der Waals surface area contributed by atoms with Gasteiger partial charge in [-0.3, -0.25) is 0 Å². The van der Waals surface area contributed by atoms with Crippen LogP contribution in [0, 0.1) is 5.21 Å². The van der Waals surface area contributed by atoms with E-state index in [-0.39, 0.29) is 17.9 Å². The number of allylic oxidation sites excluding steroid dienone is 4. The predicted octanol–water partition coefficient (Wildman–Crippen LogP) is 2.13. The van der Waals surface area contributed by atoms with E-state index < -0.39 is 11.5 Å². The Balaban J connectivity index is 1.70. The molecule has 2 atom stereocenters. The number of rotatable bonds is 7. The Hall–Kier alpha value is -1.96. The zero-order valence-electron chi connectivity index (χ0n) is 15.4. The van der Waals surface area contributed by atoms with E-state index in [9.17, 15) is 10.0 Å². The highest BCUT2D eigenvalue weighted by Crippen LogP contribution is 2.29. The van der Waals surface area contributed by atoms with Crippen molar-refractivity contribution in [2.75, 3.05) is 13.7 Å². The van der Waals surface area contributed by atoms with Gasteiger partial charge in [0.15, 0.2) is 5.54 Å². The predicted molar refractivity (Wildman–Crippen MR) is 96.2 cm³/mol. The SMILES string of the molecule is CO[NH+]([O-])C1(COC(=O)c2cncn2[C@H](C)C2=CC=CCC2)CCCC1. The number of nitrogens with one attached hydrogen (secondary N) is 1. The number of imidazole rings is 1. The molecule has 1 fully saturated rings. The van der Waals surface area contributed by atoms with Gasteiger partial charge >= 0.3 is 5.97 Å². The minimum Gasteiger partial charge on any atom is -0.599 e. The number of carbonyl (C=O) groups excluding carboxylic acids is 1. The first-order valence-corrected chi connectivity index (χ1v) is 9.20. The maximum absolute atomic E-state index is 12.7. The second kappa shape index (κ2) is 8.16. The van der Waals surface area contributed by atoms with E-state index in [1.807, 2.05) is 10.6 Å². The van der Waals surface area contributed by atoms with Crippen molar-refractivity contribution in [2.24, 2.45) is 0 Å². The van der Waals surface area contributed by atoms with Gasteiger partial charge in [0, 0.05) is 12.8 Å². The van der Waals surface area contributed by atoms with E-state index in [0.29, 0.717) is 18.5 Å². The fourth-order valence-corrected chi connectivity index (χ4v) is 3.87. The maximum Gasteiger partial charge on any atom is 0.356 e. The van der Waals surface area contributed by atoms with Gasteiger partial charge in [0.25, 0.3) is 0 Å². The van der Waals surface area contributed by atoms with Gasteiger partial charge in [-0.15, -0.1) is 0 Å². The van der Waals surface area contributed by atoms with Crippen LogP contribution >= 0.6 is 0 Å². The third-order valence-corrected chi connectivity index (χ3v) is 5.53. The molecule has 0 bridgehead atoms. The van der Waals surface area contributed by atoms with Crippen molar-refractivity contribution in [3.8, 4) is 0 Å². The molecule has 7 nitrogen and oxygen atoms in total. The minimum absolute atomic E-state index is 0.0334. The van der Waals surface area contributed by atoms with Crippen LogP contribution < -0.4 is 5.23 Å². The average Bonchev–Trinajstić information content (AvgIpc) is 3.36. The molecular formula is C19H27N3O4. The second-order valence-corrected chi connectivity index (χ2v) is 7.13. The summed E-state index contributed by atoms with van der Waals surface area (Å²) in [6.45, 7) is 2.11. The third kappa shape index (κ3) is 3.75. The molecule has 1 saturated carbocycles. The van der Waals surface area contributed by atoms with Crippen LogP contribution in [0.5, 0.6) is 0 Å². The van der Waals surface area contributed by atoms with Gasteiger partial charge in [-0.1, -0.05) is 18.2 Å². The van der Waals surface area contributed by atoms with Gasteiger partial charge < -0.3 is 14.5 Å². The van der Waals surface area contributed by atoms with Crippen LogP contribution in [0.3, 0.4) is 0 Å². The summed E-state index contributed by atoms with van der Waals surface area (Å²) in [7, 11) is 1.38. The lowest BCUT2D eigenvalue weighted by Gasteiger charge is -2.36. The molecule has 1 heterocycles. The minimum atomic E-state index is -0.697. The molecule has 0 saturated heterocycles. The molecule has 2 aliphatic rings. The van der Waals surface area contributed by atoms with Crippen molar-refractivity contribution in [2.45, 2.75) is 57.0 Å². The van der Waals surface area contributed by atoms with Crippen LogP contribution in [0.15, 0.2) is 36.3 Å². The first-order chi connectivity index (χ1) is 12.6. The topological polar surface area (TPSA) is 80.9 Å². The van der Waals surface area contributed by atoms with E-state index in [1.165, 1.54) is 18.9 Å². The molecule has 2 aliphatic carbocycles. The number of carbonyl (C=O) groups is 1. The Bertz CT molecular complexity index is 689. The summed E-state index contributed by atoms with van der Waals surface area (Å²) in [5.74, 6) is -0.448. The standard InChI is InChI=1S/C19H27N3O4/c1-15(16-8-4-3-5-9-16)21-14-20-12-17(21)18(23)26-13-19(22(24)25-2)10-6-7-11-19/h3-4,8,12,14-15,22H,5-7,9-11,13H2,1-2H3/t15-/m1/s1. The fraction of sp³-hybridized carbons (Fsp3) is 0.579. The molecule has 7 heteroatoms. The number of nitrogens with zero attached hydrogens (tertiary/aromatic N) is 2. The fourth-order valence-electron chi connectivity index (χ4n) is 3.87. The molecule has 1 unspecified atom stereocenters. The normalized spacial score (nSPS) is 21.3. The summed E-state index contributed by atoms with van der Waals surface area (Å²) in [6.07, 6.45) is 14.7. The third-order valence-electron chi connectivity index (χ3n) is 5.53. The summed E-state index contributed by atoms with van der Waals surface area (Å²) < 4.78 is 7.38. The Kier molecular flexibility index (Phi) is 5.90. The van der Waals surface area contributed by atoms with Gasteiger partial charge in [-0.05, 0) is 38.2 Å². The van der Waals surface area contributed by atoms with Crippen LogP contribution in [0.2, 0.25) is 0 Å².